The molecule has 0 spiro atoms. The molecule has 0 unspecified atom stereocenters. The van der Waals surface area contributed by atoms with Gasteiger partial charge in [-0.05, 0) is 136 Å². The number of hydrogen-bond donors (Lipinski definition) is 0. The van der Waals surface area contributed by atoms with Crippen LogP contribution in [0, 0.1) is 0 Å². The van der Waals surface area contributed by atoms with E-state index in [0.29, 0.717) is 0 Å². The average molecular weight is 823 g/mol. The molecule has 0 saturated heterocycles. The zero-order chi connectivity index (χ0) is 43.4. The summed E-state index contributed by atoms with van der Waals surface area (Å²) < 4.78 is 2.42. The van der Waals surface area contributed by atoms with E-state index < -0.39 is 0 Å². The van der Waals surface area contributed by atoms with Crippen molar-refractivity contribution in [1.29, 1.82) is 0 Å². The lowest BCUT2D eigenvalue weighted by atomic mass is 9.96. The Morgan fingerprint density at radius 2 is 1.11 bits per heavy atom. The monoisotopic (exact) mass is 822 g/mol. The highest BCUT2D eigenvalue weighted by molar-refractivity contribution is 6.15. The van der Waals surface area contributed by atoms with E-state index in [1.807, 2.05) is 0 Å². The Bertz CT molecular complexity index is 3330. The molecule has 0 radical (unpaired) electrons. The van der Waals surface area contributed by atoms with Gasteiger partial charge in [0.25, 0.3) is 0 Å². The highest BCUT2D eigenvalue weighted by Crippen LogP contribution is 2.40. The van der Waals surface area contributed by atoms with Crippen LogP contribution < -0.4 is 4.90 Å². The van der Waals surface area contributed by atoms with Crippen LogP contribution in [0.2, 0.25) is 0 Å². The molecule has 0 aliphatic carbocycles. The number of aryl methyl sites for hydroxylation is 1. The molecule has 2 nitrogen and oxygen atoms in total. The summed E-state index contributed by atoms with van der Waals surface area (Å²) in [6, 6.07) is 77.1. The summed E-state index contributed by atoms with van der Waals surface area (Å²) in [6.45, 7) is 6.50. The van der Waals surface area contributed by atoms with Gasteiger partial charge in [0.05, 0.1) is 11.0 Å². The van der Waals surface area contributed by atoms with E-state index in [0.717, 1.165) is 29.1 Å². The minimum atomic E-state index is 0.993. The second-order valence-corrected chi connectivity index (χ2v) is 16.5. The molecule has 9 aromatic carbocycles. The first-order chi connectivity index (χ1) is 31.6. The van der Waals surface area contributed by atoms with Gasteiger partial charge in [0.1, 0.15) is 0 Å². The molecule has 10 aromatic rings. The maximum atomic E-state index is 2.42. The normalized spacial score (nSPS) is 12.2. The van der Waals surface area contributed by atoms with Gasteiger partial charge in [-0.1, -0.05) is 188 Å². The van der Waals surface area contributed by atoms with Gasteiger partial charge in [-0.15, -0.1) is 0 Å². The Hall–Kier alpha value is -7.94. The van der Waals surface area contributed by atoms with Gasteiger partial charge in [-0.2, -0.15) is 0 Å². The highest BCUT2D eigenvalue weighted by atomic mass is 15.1. The molecule has 0 aliphatic heterocycles. The minimum Gasteiger partial charge on any atom is -0.317 e. The number of rotatable bonds is 11. The van der Waals surface area contributed by atoms with Gasteiger partial charge in [0.15, 0.2) is 0 Å². The van der Waals surface area contributed by atoms with Gasteiger partial charge in [-0.25, -0.2) is 0 Å². The molecule has 0 amide bonds. The van der Waals surface area contributed by atoms with Gasteiger partial charge in [-0.3, -0.25) is 0 Å². The Balaban J connectivity index is 1.06. The molecule has 64 heavy (non-hydrogen) atoms. The second kappa shape index (κ2) is 17.8. The van der Waals surface area contributed by atoms with E-state index in [2.05, 4.69) is 267 Å². The Labute approximate surface area is 377 Å². The number of allylic oxidation sites excluding steroid dienone is 5. The first-order valence-corrected chi connectivity index (χ1v) is 22.3. The van der Waals surface area contributed by atoms with Crippen LogP contribution in [0.5, 0.6) is 0 Å². The number of nitrogens with zero attached hydrogens (tertiary/aromatic N) is 2. The van der Waals surface area contributed by atoms with Gasteiger partial charge in [0.2, 0.25) is 0 Å². The van der Waals surface area contributed by atoms with Crippen LogP contribution in [0.3, 0.4) is 0 Å². The lowest BCUT2D eigenvalue weighted by molar-refractivity contribution is 1.14. The molecule has 0 saturated carbocycles. The van der Waals surface area contributed by atoms with Gasteiger partial charge < -0.3 is 9.47 Å². The van der Waals surface area contributed by atoms with Crippen LogP contribution in [0.15, 0.2) is 242 Å². The highest BCUT2D eigenvalue weighted by Gasteiger charge is 2.18. The summed E-state index contributed by atoms with van der Waals surface area (Å²) >= 11 is 0. The third kappa shape index (κ3) is 7.87. The van der Waals surface area contributed by atoms with Crippen molar-refractivity contribution in [2.24, 2.45) is 0 Å². The van der Waals surface area contributed by atoms with E-state index in [4.69, 9.17) is 0 Å². The van der Waals surface area contributed by atoms with Crippen molar-refractivity contribution in [3.63, 3.8) is 0 Å². The number of fused-ring (bicyclic) bond motifs is 4. The SMILES string of the molecule is C\C=C(C)/C=C(\C=C\N(c1ccc(CC)cc1)c1ccc(-c2ccc(-c3cccc4ccccc34)cc2)cc1)c1cccc2c1c1ccc(-c3ccccc3)cc1n2-c1ccccc1. The molecule has 0 N–H and O–H groups in total. The quantitative estimate of drug-likeness (QED) is 0.118. The summed E-state index contributed by atoms with van der Waals surface area (Å²) in [6.07, 6.45) is 10.0. The Morgan fingerprint density at radius 1 is 0.516 bits per heavy atom. The predicted molar refractivity (Wildman–Crippen MR) is 276 cm³/mol. The van der Waals surface area contributed by atoms with E-state index >= 15 is 0 Å². The molecule has 0 bridgehead atoms. The summed E-state index contributed by atoms with van der Waals surface area (Å²) in [5.74, 6) is 0. The maximum Gasteiger partial charge on any atom is 0.0547 e. The fourth-order valence-corrected chi connectivity index (χ4v) is 9.02. The van der Waals surface area contributed by atoms with E-state index in [-0.39, 0.29) is 0 Å². The second-order valence-electron chi connectivity index (χ2n) is 16.5. The molecule has 0 fully saturated rings. The fourth-order valence-electron chi connectivity index (χ4n) is 9.02. The smallest absolute Gasteiger partial charge is 0.0547 e. The van der Waals surface area contributed by atoms with E-state index in [9.17, 15) is 0 Å². The zero-order valence-electron chi connectivity index (χ0n) is 36.6. The summed E-state index contributed by atoms with van der Waals surface area (Å²) in [5, 5.41) is 4.98. The van der Waals surface area contributed by atoms with Gasteiger partial charge >= 0.3 is 0 Å². The molecule has 1 aromatic heterocycles. The van der Waals surface area contributed by atoms with Crippen LogP contribution >= 0.6 is 0 Å². The molecule has 0 aliphatic rings. The summed E-state index contributed by atoms with van der Waals surface area (Å²) in [5.41, 5.74) is 17.8. The van der Waals surface area contributed by atoms with Crippen molar-refractivity contribution in [2.45, 2.75) is 27.2 Å². The van der Waals surface area contributed by atoms with E-state index in [1.165, 1.54) is 82.7 Å². The number of aromatic nitrogens is 1. The van der Waals surface area contributed by atoms with Crippen LogP contribution in [-0.4, -0.2) is 4.57 Å². The van der Waals surface area contributed by atoms with E-state index in [1.54, 1.807) is 0 Å². The van der Waals surface area contributed by atoms with Crippen molar-refractivity contribution < 1.29 is 0 Å². The number of hydrogen-bond acceptors (Lipinski definition) is 1. The van der Waals surface area contributed by atoms with Crippen LogP contribution in [0.1, 0.15) is 31.9 Å². The van der Waals surface area contributed by atoms with Crippen LogP contribution in [0.4, 0.5) is 11.4 Å². The van der Waals surface area contributed by atoms with Crippen molar-refractivity contribution in [3.05, 3.63) is 253 Å². The lowest BCUT2D eigenvalue weighted by Gasteiger charge is -2.22. The Kier molecular flexibility index (Phi) is 11.2. The molecular formula is C62H50N2. The van der Waals surface area contributed by atoms with Crippen molar-refractivity contribution in [1.82, 2.24) is 4.57 Å². The summed E-state index contributed by atoms with van der Waals surface area (Å²) in [7, 11) is 0. The third-order valence-electron chi connectivity index (χ3n) is 12.6. The minimum absolute atomic E-state index is 0.993. The third-order valence-corrected chi connectivity index (χ3v) is 12.6. The molecule has 2 heteroatoms. The number of anilines is 2. The molecule has 1 heterocycles. The van der Waals surface area contributed by atoms with Gasteiger partial charge in [0, 0.05) is 34.0 Å². The maximum absolute atomic E-state index is 2.42. The first-order valence-electron chi connectivity index (χ1n) is 22.3. The zero-order valence-corrected chi connectivity index (χ0v) is 36.6. The molecule has 10 rings (SSSR count). The lowest BCUT2D eigenvalue weighted by Crippen LogP contribution is -2.08. The number of benzene rings is 9. The van der Waals surface area contributed by atoms with Crippen molar-refractivity contribution >= 4 is 49.5 Å². The first kappa shape index (κ1) is 40.2. The topological polar surface area (TPSA) is 8.17 Å². The summed E-state index contributed by atoms with van der Waals surface area (Å²) in [4.78, 5) is 2.31. The van der Waals surface area contributed by atoms with Crippen molar-refractivity contribution in [2.75, 3.05) is 4.90 Å². The number of para-hydroxylation sites is 1. The Morgan fingerprint density at radius 3 is 1.83 bits per heavy atom. The largest absolute Gasteiger partial charge is 0.317 e. The van der Waals surface area contributed by atoms with Crippen molar-refractivity contribution in [3.8, 4) is 39.1 Å². The van der Waals surface area contributed by atoms with Crippen LogP contribution in [0.25, 0.3) is 77.2 Å². The fraction of sp³-hybridized carbons (Fsp3) is 0.0645. The molecule has 0 atom stereocenters. The molecule has 308 valence electrons. The average Bonchev–Trinajstić information content (AvgIpc) is 3.71. The molecular weight excluding hydrogens is 773 g/mol. The predicted octanol–water partition coefficient (Wildman–Crippen LogP) is 17.2. The standard InChI is InChI=1S/C62H50N2/c1-4-44(3)42-52(58-24-15-25-60-62(58)59-39-34-51(46-16-8-6-9-17-46)43-61(59)64(60)55-20-10-7-11-21-55)40-41-63(53-35-26-45(5-2)27-36-53)54-37-32-48(33-38-54)47-28-30-50(31-29-47)57-23-14-19-49-18-12-13-22-56(49)57/h4,6-43H,5H2,1-3H3/b41-40+,44-4-,52-42+. The van der Waals surface area contributed by atoms with Crippen LogP contribution in [-0.2, 0) is 6.42 Å².